The number of aromatic carboxylic acids is 1. The molecular weight excluding hydrogens is 258 g/mol. The van der Waals surface area contributed by atoms with E-state index in [4.69, 9.17) is 5.73 Å². The summed E-state index contributed by atoms with van der Waals surface area (Å²) >= 11 is 0. The lowest BCUT2D eigenvalue weighted by molar-refractivity contribution is 0.0689. The first kappa shape index (κ1) is 12.7. The minimum absolute atomic E-state index is 0.00853. The van der Waals surface area contributed by atoms with Crippen molar-refractivity contribution in [2.45, 2.75) is 25.4 Å². The Hall–Kier alpha value is -2.34. The highest BCUT2D eigenvalue weighted by atomic mass is 16.4. The number of carbonyl (C=O) groups is 1. The van der Waals surface area contributed by atoms with Crippen molar-refractivity contribution in [1.29, 1.82) is 0 Å². The molecule has 0 amide bonds. The standard InChI is InChI=1S/C14H15N3O3/c15-9-3-6-11-12(14(19)20)16-13(17(11)7-9)8-1-4-10(18)5-2-8/h1-2,4-5,9,18H,3,6-7,15H2,(H,19,20). The van der Waals surface area contributed by atoms with Crippen LogP contribution in [0.4, 0.5) is 0 Å². The highest BCUT2D eigenvalue weighted by molar-refractivity contribution is 5.88. The molecule has 1 aliphatic heterocycles. The van der Waals surface area contributed by atoms with Crippen molar-refractivity contribution in [2.75, 3.05) is 0 Å². The van der Waals surface area contributed by atoms with E-state index in [1.165, 1.54) is 0 Å². The predicted octanol–water partition coefficient (Wildman–Crippen LogP) is 1.23. The second kappa shape index (κ2) is 4.64. The summed E-state index contributed by atoms with van der Waals surface area (Å²) in [5.41, 5.74) is 7.56. The summed E-state index contributed by atoms with van der Waals surface area (Å²) in [6, 6.07) is 6.56. The first-order valence-corrected chi connectivity index (χ1v) is 6.44. The van der Waals surface area contributed by atoms with Crippen molar-refractivity contribution in [1.82, 2.24) is 9.55 Å². The first-order valence-electron chi connectivity index (χ1n) is 6.44. The second-order valence-corrected chi connectivity index (χ2v) is 4.99. The number of phenolic OH excluding ortho intramolecular Hbond substituents is 1. The minimum Gasteiger partial charge on any atom is -0.508 e. The number of benzene rings is 1. The molecule has 1 aliphatic rings. The SMILES string of the molecule is NC1CCc2c(C(=O)O)nc(-c3ccc(O)cc3)n2C1. The number of nitrogens with two attached hydrogens (primary N) is 1. The largest absolute Gasteiger partial charge is 0.508 e. The molecule has 1 aromatic carbocycles. The molecule has 0 radical (unpaired) electrons. The molecule has 1 aromatic heterocycles. The van der Waals surface area contributed by atoms with Crippen molar-refractivity contribution in [3.05, 3.63) is 35.7 Å². The summed E-state index contributed by atoms with van der Waals surface area (Å²) in [6.45, 7) is 0.561. The molecule has 0 saturated heterocycles. The lowest BCUT2D eigenvalue weighted by atomic mass is 10.0. The van der Waals surface area contributed by atoms with Crippen LogP contribution in [0.5, 0.6) is 5.75 Å². The fourth-order valence-corrected chi connectivity index (χ4v) is 2.59. The number of aromatic nitrogens is 2. The predicted molar refractivity (Wildman–Crippen MR) is 72.6 cm³/mol. The highest BCUT2D eigenvalue weighted by Gasteiger charge is 2.27. The quantitative estimate of drug-likeness (QED) is 0.763. The van der Waals surface area contributed by atoms with E-state index in [0.717, 1.165) is 17.7 Å². The molecule has 1 unspecified atom stereocenters. The van der Waals surface area contributed by atoms with Gasteiger partial charge >= 0.3 is 5.97 Å². The third kappa shape index (κ3) is 2.04. The van der Waals surface area contributed by atoms with Gasteiger partial charge in [0.2, 0.25) is 0 Å². The van der Waals surface area contributed by atoms with Crippen LogP contribution in [0.3, 0.4) is 0 Å². The van der Waals surface area contributed by atoms with Crippen molar-refractivity contribution in [3.63, 3.8) is 0 Å². The van der Waals surface area contributed by atoms with E-state index in [1.54, 1.807) is 24.3 Å². The fourth-order valence-electron chi connectivity index (χ4n) is 2.59. The minimum atomic E-state index is -1.02. The van der Waals surface area contributed by atoms with Crippen LogP contribution in [0.2, 0.25) is 0 Å². The number of phenols is 1. The lowest BCUT2D eigenvalue weighted by Crippen LogP contribution is -2.32. The van der Waals surface area contributed by atoms with E-state index in [-0.39, 0.29) is 17.5 Å². The summed E-state index contributed by atoms with van der Waals surface area (Å²) < 4.78 is 1.88. The Balaban J connectivity index is 2.15. The Bertz CT molecular complexity index is 661. The Kier molecular flexibility index (Phi) is 2.94. The fraction of sp³-hybridized carbons (Fsp3) is 0.286. The normalized spacial score (nSPS) is 17.8. The zero-order valence-corrected chi connectivity index (χ0v) is 10.8. The van der Waals surface area contributed by atoms with Gasteiger partial charge < -0.3 is 20.5 Å². The molecule has 0 bridgehead atoms. The van der Waals surface area contributed by atoms with E-state index >= 15 is 0 Å². The monoisotopic (exact) mass is 273 g/mol. The summed E-state index contributed by atoms with van der Waals surface area (Å²) in [7, 11) is 0. The molecule has 6 nitrogen and oxygen atoms in total. The molecule has 104 valence electrons. The maximum atomic E-state index is 11.3. The molecule has 1 atom stereocenters. The molecular formula is C14H15N3O3. The highest BCUT2D eigenvalue weighted by Crippen LogP contribution is 2.28. The van der Waals surface area contributed by atoms with Crippen molar-refractivity contribution in [2.24, 2.45) is 5.73 Å². The summed E-state index contributed by atoms with van der Waals surface area (Å²) in [6.07, 6.45) is 1.38. The van der Waals surface area contributed by atoms with Crippen LogP contribution < -0.4 is 5.73 Å². The van der Waals surface area contributed by atoms with Gasteiger partial charge in [0, 0.05) is 18.2 Å². The molecule has 2 heterocycles. The molecule has 4 N–H and O–H groups in total. The second-order valence-electron chi connectivity index (χ2n) is 4.99. The van der Waals surface area contributed by atoms with Gasteiger partial charge in [-0.2, -0.15) is 0 Å². The summed E-state index contributed by atoms with van der Waals surface area (Å²) in [5, 5.41) is 18.6. The molecule has 0 fully saturated rings. The van der Waals surface area contributed by atoms with Crippen molar-refractivity contribution in [3.8, 4) is 17.1 Å². The Labute approximate surface area is 115 Å². The number of nitrogens with zero attached hydrogens (tertiary/aromatic N) is 2. The number of hydrogen-bond donors (Lipinski definition) is 3. The number of carboxylic acids is 1. The topological polar surface area (TPSA) is 101 Å². The number of aromatic hydroxyl groups is 1. The Morgan fingerprint density at radius 3 is 2.70 bits per heavy atom. The average molecular weight is 273 g/mol. The number of carboxylic acid groups (broad SMARTS) is 1. The number of rotatable bonds is 2. The molecule has 6 heteroatoms. The van der Waals surface area contributed by atoms with Crippen molar-refractivity contribution >= 4 is 5.97 Å². The van der Waals surface area contributed by atoms with Gasteiger partial charge in [-0.25, -0.2) is 9.78 Å². The Morgan fingerprint density at radius 1 is 1.35 bits per heavy atom. The smallest absolute Gasteiger partial charge is 0.356 e. The molecule has 2 aromatic rings. The van der Waals surface area contributed by atoms with E-state index in [1.807, 2.05) is 4.57 Å². The van der Waals surface area contributed by atoms with Crippen LogP contribution in [0.15, 0.2) is 24.3 Å². The van der Waals surface area contributed by atoms with Gasteiger partial charge in [-0.15, -0.1) is 0 Å². The average Bonchev–Trinajstić information content (AvgIpc) is 2.78. The van der Waals surface area contributed by atoms with Gasteiger partial charge in [0.25, 0.3) is 0 Å². The van der Waals surface area contributed by atoms with Gasteiger partial charge in [0.1, 0.15) is 11.6 Å². The third-order valence-electron chi connectivity index (χ3n) is 3.57. The van der Waals surface area contributed by atoms with Gasteiger partial charge in [-0.05, 0) is 37.1 Å². The van der Waals surface area contributed by atoms with Crippen LogP contribution in [0.1, 0.15) is 22.6 Å². The van der Waals surface area contributed by atoms with E-state index in [2.05, 4.69) is 4.98 Å². The van der Waals surface area contributed by atoms with Gasteiger partial charge in [-0.1, -0.05) is 0 Å². The number of fused-ring (bicyclic) bond motifs is 1. The van der Waals surface area contributed by atoms with Gasteiger partial charge in [-0.3, -0.25) is 0 Å². The Morgan fingerprint density at radius 2 is 2.05 bits per heavy atom. The molecule has 0 aliphatic carbocycles. The van der Waals surface area contributed by atoms with Crippen LogP contribution in [0, 0.1) is 0 Å². The third-order valence-corrected chi connectivity index (χ3v) is 3.57. The van der Waals surface area contributed by atoms with Gasteiger partial charge in [0.05, 0.1) is 5.69 Å². The zero-order valence-electron chi connectivity index (χ0n) is 10.8. The van der Waals surface area contributed by atoms with E-state index < -0.39 is 5.97 Å². The van der Waals surface area contributed by atoms with E-state index in [9.17, 15) is 15.0 Å². The van der Waals surface area contributed by atoms with E-state index in [0.29, 0.717) is 18.8 Å². The molecule has 20 heavy (non-hydrogen) atoms. The summed E-state index contributed by atoms with van der Waals surface area (Å²) in [5.74, 6) is -0.267. The molecule has 0 saturated carbocycles. The molecule has 3 rings (SSSR count). The van der Waals surface area contributed by atoms with Crippen LogP contribution in [-0.4, -0.2) is 31.8 Å². The maximum absolute atomic E-state index is 11.3. The summed E-state index contributed by atoms with van der Waals surface area (Å²) in [4.78, 5) is 15.6. The number of imidazole rings is 1. The first-order chi connectivity index (χ1) is 9.56. The van der Waals surface area contributed by atoms with Crippen LogP contribution in [-0.2, 0) is 13.0 Å². The van der Waals surface area contributed by atoms with Crippen LogP contribution >= 0.6 is 0 Å². The van der Waals surface area contributed by atoms with Crippen LogP contribution in [0.25, 0.3) is 11.4 Å². The van der Waals surface area contributed by atoms with Crippen molar-refractivity contribution < 1.29 is 15.0 Å². The lowest BCUT2D eigenvalue weighted by Gasteiger charge is -2.22. The zero-order chi connectivity index (χ0) is 14.3. The van der Waals surface area contributed by atoms with Gasteiger partial charge in [0.15, 0.2) is 5.69 Å². The molecule has 0 spiro atoms. The maximum Gasteiger partial charge on any atom is 0.356 e. The number of hydrogen-bond acceptors (Lipinski definition) is 4.